The number of carbonyl (C=O) groups excluding carboxylic acids is 1. The maximum atomic E-state index is 11.9. The Kier molecular flexibility index (Phi) is 5.34. The molecule has 17 heavy (non-hydrogen) atoms. The number of carbonyl (C=O) groups is 1. The van der Waals surface area contributed by atoms with E-state index in [-0.39, 0.29) is 17.6 Å². The average Bonchev–Trinajstić information content (AvgIpc) is 2.71. The number of aryl methyl sites for hydroxylation is 2. The van der Waals surface area contributed by atoms with Gasteiger partial charge >= 0.3 is 5.97 Å². The number of aromatic nitrogens is 2. The first-order chi connectivity index (χ1) is 8.04. The van der Waals surface area contributed by atoms with Gasteiger partial charge in [0.25, 0.3) is 0 Å². The molecule has 0 saturated heterocycles. The molecule has 2 atom stereocenters. The molecule has 0 radical (unpaired) electrons. The van der Waals surface area contributed by atoms with Crippen LogP contribution in [0.5, 0.6) is 0 Å². The number of rotatable bonds is 6. The maximum absolute atomic E-state index is 11.9. The van der Waals surface area contributed by atoms with E-state index in [4.69, 9.17) is 0 Å². The van der Waals surface area contributed by atoms with Crippen LogP contribution in [0.1, 0.15) is 19.0 Å². The minimum absolute atomic E-state index is 0.171. The fourth-order valence-corrected chi connectivity index (χ4v) is 2.60. The second-order valence-corrected chi connectivity index (χ2v) is 5.85. The van der Waals surface area contributed by atoms with Crippen LogP contribution in [0.25, 0.3) is 0 Å². The Hall–Kier alpha value is -1.17. The summed E-state index contributed by atoms with van der Waals surface area (Å²) in [5, 5.41) is 3.87. The first kappa shape index (κ1) is 13.9. The Bertz CT molecular complexity index is 403. The standard InChI is InChI=1S/C11H18N2O3S/c1-9(8-11(14)16-3)17(15)7-5-10-4-6-12-13(10)2/h4,6,9H,5,7-8H2,1-3H3. The molecule has 1 aromatic rings. The van der Waals surface area contributed by atoms with Crippen LogP contribution in [-0.4, -0.2) is 38.1 Å². The molecule has 1 aromatic heterocycles. The third-order valence-electron chi connectivity index (χ3n) is 2.61. The van der Waals surface area contributed by atoms with Crippen molar-refractivity contribution in [1.82, 2.24) is 9.78 Å². The lowest BCUT2D eigenvalue weighted by molar-refractivity contribution is -0.140. The third kappa shape index (κ3) is 4.30. The molecule has 1 heterocycles. The SMILES string of the molecule is COC(=O)CC(C)S(=O)CCc1ccnn1C. The zero-order valence-electron chi connectivity index (χ0n) is 10.4. The largest absolute Gasteiger partial charge is 0.469 e. The van der Waals surface area contributed by atoms with Crippen LogP contribution in [-0.2, 0) is 33.8 Å². The summed E-state index contributed by atoms with van der Waals surface area (Å²) in [4.78, 5) is 11.0. The van der Waals surface area contributed by atoms with Crippen molar-refractivity contribution in [2.45, 2.75) is 25.0 Å². The van der Waals surface area contributed by atoms with Gasteiger partial charge in [-0.05, 0) is 6.07 Å². The van der Waals surface area contributed by atoms with Gasteiger partial charge in [-0.1, -0.05) is 6.92 Å². The summed E-state index contributed by atoms with van der Waals surface area (Å²) < 4.78 is 18.2. The highest BCUT2D eigenvalue weighted by Crippen LogP contribution is 2.06. The first-order valence-corrected chi connectivity index (χ1v) is 6.83. The van der Waals surface area contributed by atoms with E-state index in [2.05, 4.69) is 9.84 Å². The lowest BCUT2D eigenvalue weighted by atomic mass is 10.3. The highest BCUT2D eigenvalue weighted by Gasteiger charge is 2.16. The van der Waals surface area contributed by atoms with Crippen LogP contribution in [0.2, 0.25) is 0 Å². The minimum Gasteiger partial charge on any atom is -0.469 e. The molecule has 0 aliphatic rings. The van der Waals surface area contributed by atoms with Crippen LogP contribution < -0.4 is 0 Å². The van der Waals surface area contributed by atoms with E-state index in [0.717, 1.165) is 5.69 Å². The van der Waals surface area contributed by atoms with Gasteiger partial charge in [-0.3, -0.25) is 13.7 Å². The zero-order chi connectivity index (χ0) is 12.8. The van der Waals surface area contributed by atoms with Crippen LogP contribution in [0.15, 0.2) is 12.3 Å². The van der Waals surface area contributed by atoms with Gasteiger partial charge in [-0.25, -0.2) is 0 Å². The Morgan fingerprint density at radius 2 is 2.35 bits per heavy atom. The Balaban J connectivity index is 2.39. The lowest BCUT2D eigenvalue weighted by Gasteiger charge is -2.10. The molecule has 0 spiro atoms. The van der Waals surface area contributed by atoms with Crippen LogP contribution in [0, 0.1) is 0 Å². The van der Waals surface area contributed by atoms with Crippen molar-refractivity contribution >= 4 is 16.8 Å². The number of ether oxygens (including phenoxy) is 1. The second kappa shape index (κ2) is 6.54. The molecule has 5 nitrogen and oxygen atoms in total. The zero-order valence-corrected chi connectivity index (χ0v) is 11.2. The van der Waals surface area contributed by atoms with E-state index < -0.39 is 10.8 Å². The number of hydrogen-bond acceptors (Lipinski definition) is 4. The Labute approximate surface area is 104 Å². The molecule has 0 aliphatic carbocycles. The molecule has 0 amide bonds. The van der Waals surface area contributed by atoms with Crippen molar-refractivity contribution in [2.24, 2.45) is 7.05 Å². The fraction of sp³-hybridized carbons (Fsp3) is 0.636. The fourth-order valence-electron chi connectivity index (χ4n) is 1.46. The van der Waals surface area contributed by atoms with Crippen molar-refractivity contribution in [3.05, 3.63) is 18.0 Å². The highest BCUT2D eigenvalue weighted by atomic mass is 32.2. The summed E-state index contributed by atoms with van der Waals surface area (Å²) in [7, 11) is 2.18. The van der Waals surface area contributed by atoms with Crippen molar-refractivity contribution in [1.29, 1.82) is 0 Å². The second-order valence-electron chi connectivity index (χ2n) is 3.87. The van der Waals surface area contributed by atoms with Gasteiger partial charge in [0.2, 0.25) is 0 Å². The summed E-state index contributed by atoms with van der Waals surface area (Å²) in [6.45, 7) is 1.80. The molecule has 0 fully saturated rings. The molecule has 1 rings (SSSR count). The summed E-state index contributed by atoms with van der Waals surface area (Å²) in [6, 6.07) is 1.90. The molecule has 0 aliphatic heterocycles. The van der Waals surface area contributed by atoms with Crippen molar-refractivity contribution in [3.63, 3.8) is 0 Å². The predicted molar refractivity (Wildman–Crippen MR) is 66.0 cm³/mol. The molecular formula is C11H18N2O3S. The van der Waals surface area contributed by atoms with E-state index in [1.807, 2.05) is 13.1 Å². The van der Waals surface area contributed by atoms with Crippen molar-refractivity contribution in [2.75, 3.05) is 12.9 Å². The molecule has 0 bridgehead atoms. The summed E-state index contributed by atoms with van der Waals surface area (Å²) in [5.41, 5.74) is 1.05. The monoisotopic (exact) mass is 258 g/mol. The summed E-state index contributed by atoms with van der Waals surface area (Å²) in [6.07, 6.45) is 2.62. The van der Waals surface area contributed by atoms with E-state index in [1.165, 1.54) is 7.11 Å². The van der Waals surface area contributed by atoms with Gasteiger partial charge in [0.05, 0.1) is 13.5 Å². The molecule has 2 unspecified atom stereocenters. The normalized spacial score (nSPS) is 14.3. The van der Waals surface area contributed by atoms with Crippen LogP contribution in [0.3, 0.4) is 0 Å². The highest BCUT2D eigenvalue weighted by molar-refractivity contribution is 7.85. The van der Waals surface area contributed by atoms with E-state index >= 15 is 0 Å². The first-order valence-electron chi connectivity index (χ1n) is 5.45. The van der Waals surface area contributed by atoms with Gasteiger partial charge in [0.15, 0.2) is 0 Å². The number of methoxy groups -OCH3 is 1. The molecule has 0 N–H and O–H groups in total. The van der Waals surface area contributed by atoms with E-state index in [1.54, 1.807) is 17.8 Å². The Morgan fingerprint density at radius 3 is 2.88 bits per heavy atom. The molecule has 0 aromatic carbocycles. The molecule has 96 valence electrons. The number of hydrogen-bond donors (Lipinski definition) is 0. The van der Waals surface area contributed by atoms with Crippen LogP contribution in [0.4, 0.5) is 0 Å². The smallest absolute Gasteiger partial charge is 0.306 e. The predicted octanol–water partition coefficient (Wildman–Crippen LogP) is 0.663. The van der Waals surface area contributed by atoms with Gasteiger partial charge < -0.3 is 4.74 Å². The van der Waals surface area contributed by atoms with E-state index in [0.29, 0.717) is 12.2 Å². The van der Waals surface area contributed by atoms with Crippen molar-refractivity contribution in [3.8, 4) is 0 Å². The van der Waals surface area contributed by atoms with Crippen molar-refractivity contribution < 1.29 is 13.7 Å². The van der Waals surface area contributed by atoms with Crippen LogP contribution >= 0.6 is 0 Å². The summed E-state index contributed by atoms with van der Waals surface area (Å²) in [5.74, 6) is 0.226. The van der Waals surface area contributed by atoms with Gasteiger partial charge in [0, 0.05) is 47.2 Å². The topological polar surface area (TPSA) is 61.2 Å². The quantitative estimate of drug-likeness (QED) is 0.703. The van der Waals surface area contributed by atoms with Gasteiger partial charge in [-0.15, -0.1) is 0 Å². The number of esters is 1. The van der Waals surface area contributed by atoms with Gasteiger partial charge in [0.1, 0.15) is 0 Å². The summed E-state index contributed by atoms with van der Waals surface area (Å²) >= 11 is 0. The maximum Gasteiger partial charge on any atom is 0.306 e. The third-order valence-corrected chi connectivity index (χ3v) is 4.28. The molecular weight excluding hydrogens is 240 g/mol. The number of nitrogens with zero attached hydrogens (tertiary/aromatic N) is 2. The Morgan fingerprint density at radius 1 is 1.65 bits per heavy atom. The molecule has 6 heteroatoms. The minimum atomic E-state index is -1.02. The van der Waals surface area contributed by atoms with E-state index in [9.17, 15) is 9.00 Å². The average molecular weight is 258 g/mol. The molecule has 0 saturated carbocycles. The van der Waals surface area contributed by atoms with Gasteiger partial charge in [-0.2, -0.15) is 5.10 Å². The lowest BCUT2D eigenvalue weighted by Crippen LogP contribution is -2.20.